The van der Waals surface area contributed by atoms with Gasteiger partial charge in [-0.25, -0.2) is 0 Å². The predicted octanol–water partition coefficient (Wildman–Crippen LogP) is 4.05. The summed E-state index contributed by atoms with van der Waals surface area (Å²) in [6, 6.07) is 7.55. The number of nitrogens with one attached hydrogen (secondary N) is 1. The smallest absolute Gasteiger partial charge is 0.230 e. The summed E-state index contributed by atoms with van der Waals surface area (Å²) in [7, 11) is 0. The SMILES string of the molecule is CC(NC(=O)CSC(C)(C)C)c1ccc(Cl)cc1. The molecule has 0 aliphatic carbocycles. The molecular formula is C14H20ClNOS. The summed E-state index contributed by atoms with van der Waals surface area (Å²) in [6.45, 7) is 8.29. The fraction of sp³-hybridized carbons (Fsp3) is 0.500. The molecule has 4 heteroatoms. The second-order valence-electron chi connectivity index (χ2n) is 5.24. The molecule has 1 atom stereocenters. The van der Waals surface area contributed by atoms with Gasteiger partial charge in [-0.2, -0.15) is 0 Å². The molecule has 0 heterocycles. The van der Waals surface area contributed by atoms with Crippen LogP contribution in [0.15, 0.2) is 24.3 Å². The highest BCUT2D eigenvalue weighted by atomic mass is 35.5. The predicted molar refractivity (Wildman–Crippen MR) is 80.2 cm³/mol. The Bertz CT molecular complexity index is 397. The van der Waals surface area contributed by atoms with Crippen molar-refractivity contribution in [1.82, 2.24) is 5.32 Å². The van der Waals surface area contributed by atoms with Crippen molar-refractivity contribution in [3.05, 3.63) is 34.9 Å². The van der Waals surface area contributed by atoms with Crippen LogP contribution in [0.5, 0.6) is 0 Å². The summed E-state index contributed by atoms with van der Waals surface area (Å²) in [6.07, 6.45) is 0. The van der Waals surface area contributed by atoms with E-state index >= 15 is 0 Å². The highest BCUT2D eigenvalue weighted by Crippen LogP contribution is 2.23. The first-order valence-corrected chi connectivity index (χ1v) is 7.33. The van der Waals surface area contributed by atoms with Crippen molar-refractivity contribution < 1.29 is 4.79 Å². The lowest BCUT2D eigenvalue weighted by atomic mass is 10.1. The topological polar surface area (TPSA) is 29.1 Å². The second kappa shape index (κ2) is 6.48. The number of amides is 1. The maximum Gasteiger partial charge on any atom is 0.230 e. The van der Waals surface area contributed by atoms with Crippen LogP contribution in [0.3, 0.4) is 0 Å². The fourth-order valence-corrected chi connectivity index (χ4v) is 2.17. The standard InChI is InChI=1S/C14H20ClNOS/c1-10(11-5-7-12(15)8-6-11)16-13(17)9-18-14(2,3)4/h5-8,10H,9H2,1-4H3,(H,16,17). The van der Waals surface area contributed by atoms with Gasteiger partial charge in [0.2, 0.25) is 5.91 Å². The van der Waals surface area contributed by atoms with Crippen LogP contribution in [-0.4, -0.2) is 16.4 Å². The maximum absolute atomic E-state index is 11.8. The molecule has 0 saturated heterocycles. The monoisotopic (exact) mass is 285 g/mol. The van der Waals surface area contributed by atoms with Gasteiger partial charge in [0.05, 0.1) is 11.8 Å². The van der Waals surface area contributed by atoms with Crippen molar-refractivity contribution in [2.45, 2.75) is 38.5 Å². The number of rotatable bonds is 4. The zero-order valence-corrected chi connectivity index (χ0v) is 12.9. The molecule has 1 N–H and O–H groups in total. The van der Waals surface area contributed by atoms with Crippen LogP contribution in [0.1, 0.15) is 39.3 Å². The molecule has 18 heavy (non-hydrogen) atoms. The fourth-order valence-electron chi connectivity index (χ4n) is 1.40. The molecule has 100 valence electrons. The molecule has 1 aromatic carbocycles. The van der Waals surface area contributed by atoms with Crippen LogP contribution >= 0.6 is 23.4 Å². The number of hydrogen-bond acceptors (Lipinski definition) is 2. The van der Waals surface area contributed by atoms with Crippen LogP contribution < -0.4 is 5.32 Å². The summed E-state index contributed by atoms with van der Waals surface area (Å²) in [5.74, 6) is 0.555. The highest BCUT2D eigenvalue weighted by Gasteiger charge is 2.15. The zero-order chi connectivity index (χ0) is 13.8. The molecule has 1 aromatic rings. The first kappa shape index (κ1) is 15.4. The van der Waals surface area contributed by atoms with Crippen LogP contribution in [0.4, 0.5) is 0 Å². The molecule has 0 spiro atoms. The van der Waals surface area contributed by atoms with Crippen LogP contribution in [0, 0.1) is 0 Å². The third kappa shape index (κ3) is 5.78. The number of thioether (sulfide) groups is 1. The summed E-state index contributed by atoms with van der Waals surface area (Å²) in [5.41, 5.74) is 1.06. The molecule has 1 amide bonds. The first-order chi connectivity index (χ1) is 8.28. The van der Waals surface area contributed by atoms with E-state index in [0.29, 0.717) is 10.8 Å². The average Bonchev–Trinajstić information content (AvgIpc) is 2.26. The Morgan fingerprint density at radius 3 is 2.39 bits per heavy atom. The quantitative estimate of drug-likeness (QED) is 0.904. The summed E-state index contributed by atoms with van der Waals surface area (Å²) in [4.78, 5) is 11.8. The Morgan fingerprint density at radius 2 is 1.89 bits per heavy atom. The minimum Gasteiger partial charge on any atom is -0.349 e. The summed E-state index contributed by atoms with van der Waals surface area (Å²) < 4.78 is 0.112. The van der Waals surface area contributed by atoms with Gasteiger partial charge in [-0.3, -0.25) is 4.79 Å². The molecule has 0 saturated carbocycles. The van der Waals surface area contributed by atoms with E-state index in [2.05, 4.69) is 26.1 Å². The Kier molecular flexibility index (Phi) is 5.54. The Hall–Kier alpha value is -0.670. The van der Waals surface area contributed by atoms with Gasteiger partial charge < -0.3 is 5.32 Å². The lowest BCUT2D eigenvalue weighted by molar-refractivity contribution is -0.119. The molecule has 0 radical (unpaired) electrons. The van der Waals surface area contributed by atoms with Crippen LogP contribution in [-0.2, 0) is 4.79 Å². The number of benzene rings is 1. The molecule has 0 aromatic heterocycles. The maximum atomic E-state index is 11.8. The number of halogens is 1. The summed E-state index contributed by atoms with van der Waals surface area (Å²) in [5, 5.41) is 3.69. The van der Waals surface area contributed by atoms with Gasteiger partial charge >= 0.3 is 0 Å². The van der Waals surface area contributed by atoms with Gasteiger partial charge in [-0.05, 0) is 24.6 Å². The highest BCUT2D eigenvalue weighted by molar-refractivity contribution is 8.01. The van der Waals surface area contributed by atoms with E-state index in [1.165, 1.54) is 0 Å². The molecular weight excluding hydrogens is 266 g/mol. The van der Waals surface area contributed by atoms with E-state index in [-0.39, 0.29) is 16.7 Å². The third-order valence-corrected chi connectivity index (χ3v) is 3.91. The first-order valence-electron chi connectivity index (χ1n) is 5.97. The summed E-state index contributed by atoms with van der Waals surface area (Å²) >= 11 is 7.48. The Morgan fingerprint density at radius 1 is 1.33 bits per heavy atom. The molecule has 0 aliphatic rings. The van der Waals surface area contributed by atoms with Crippen LogP contribution in [0.25, 0.3) is 0 Å². The molecule has 0 bridgehead atoms. The minimum atomic E-state index is 0.00957. The Labute approximate surface area is 118 Å². The van der Waals surface area contributed by atoms with Gasteiger partial charge in [0, 0.05) is 9.77 Å². The second-order valence-corrected chi connectivity index (χ2v) is 7.48. The average molecular weight is 286 g/mol. The minimum absolute atomic E-state index is 0.00957. The zero-order valence-electron chi connectivity index (χ0n) is 11.3. The number of carbonyl (C=O) groups excluding carboxylic acids is 1. The van der Waals surface area contributed by atoms with E-state index in [1.807, 2.05) is 31.2 Å². The van der Waals surface area contributed by atoms with Gasteiger partial charge in [0.1, 0.15) is 0 Å². The van der Waals surface area contributed by atoms with Crippen molar-refractivity contribution in [2.24, 2.45) is 0 Å². The lowest BCUT2D eigenvalue weighted by Crippen LogP contribution is -2.29. The van der Waals surface area contributed by atoms with Crippen molar-refractivity contribution >= 4 is 29.3 Å². The van der Waals surface area contributed by atoms with Gasteiger partial charge in [-0.15, -0.1) is 11.8 Å². The van der Waals surface area contributed by atoms with Gasteiger partial charge in [0.15, 0.2) is 0 Å². The molecule has 2 nitrogen and oxygen atoms in total. The normalized spacial score (nSPS) is 13.2. The van der Waals surface area contributed by atoms with Crippen molar-refractivity contribution in [1.29, 1.82) is 0 Å². The van der Waals surface area contributed by atoms with Gasteiger partial charge in [-0.1, -0.05) is 44.5 Å². The third-order valence-electron chi connectivity index (χ3n) is 2.38. The molecule has 0 fully saturated rings. The Balaban J connectivity index is 2.47. The molecule has 1 unspecified atom stereocenters. The van der Waals surface area contributed by atoms with E-state index in [4.69, 9.17) is 11.6 Å². The number of carbonyl (C=O) groups is 1. The van der Waals surface area contributed by atoms with E-state index < -0.39 is 0 Å². The lowest BCUT2D eigenvalue weighted by Gasteiger charge is -2.19. The van der Waals surface area contributed by atoms with Crippen LogP contribution in [0.2, 0.25) is 5.02 Å². The van der Waals surface area contributed by atoms with E-state index in [9.17, 15) is 4.79 Å². The molecule has 0 aliphatic heterocycles. The van der Waals surface area contributed by atoms with Crippen molar-refractivity contribution in [3.8, 4) is 0 Å². The van der Waals surface area contributed by atoms with Crippen molar-refractivity contribution in [2.75, 3.05) is 5.75 Å². The van der Waals surface area contributed by atoms with Gasteiger partial charge in [0.25, 0.3) is 0 Å². The number of hydrogen-bond donors (Lipinski definition) is 1. The van der Waals surface area contributed by atoms with Crippen molar-refractivity contribution in [3.63, 3.8) is 0 Å². The molecule has 1 rings (SSSR count). The largest absolute Gasteiger partial charge is 0.349 e. The van der Waals surface area contributed by atoms with E-state index in [1.54, 1.807) is 11.8 Å². The van der Waals surface area contributed by atoms with E-state index in [0.717, 1.165) is 5.56 Å².